The minimum Gasteiger partial charge on any atom is -0.379 e. The van der Waals surface area contributed by atoms with E-state index in [1.807, 2.05) is 30.3 Å². The van der Waals surface area contributed by atoms with Crippen molar-refractivity contribution in [1.29, 1.82) is 0 Å². The van der Waals surface area contributed by atoms with Crippen molar-refractivity contribution in [3.05, 3.63) is 192 Å². The van der Waals surface area contributed by atoms with Gasteiger partial charge in [-0.05, 0) is 97.6 Å². The first-order valence-electron chi connectivity index (χ1n) is 38.8. The van der Waals surface area contributed by atoms with Crippen LogP contribution in [0.4, 0.5) is 0 Å². The predicted molar refractivity (Wildman–Crippen MR) is 406 cm³/mol. The van der Waals surface area contributed by atoms with Gasteiger partial charge in [0.25, 0.3) is 0 Å². The zero-order chi connectivity index (χ0) is 68.9. The van der Waals surface area contributed by atoms with Crippen LogP contribution >= 0.6 is 19.6 Å². The molecule has 1 aliphatic rings. The van der Waals surface area contributed by atoms with E-state index in [0.29, 0.717) is 46.1 Å². The molecular weight excluding hydrogens is 1260 g/mol. The van der Waals surface area contributed by atoms with Crippen molar-refractivity contribution in [3.8, 4) is 0 Å². The lowest BCUT2D eigenvalue weighted by Gasteiger charge is -2.49. The Morgan fingerprint density at radius 3 is 1.04 bits per heavy atom. The van der Waals surface area contributed by atoms with E-state index in [4.69, 9.17) is 37.3 Å². The molecule has 0 spiro atoms. The molecule has 0 radical (unpaired) electrons. The van der Waals surface area contributed by atoms with Gasteiger partial charge in [-0.2, -0.15) is 0 Å². The largest absolute Gasteiger partial charge is 0.379 e. The minimum absolute atomic E-state index is 0.000916. The third-order valence-electron chi connectivity index (χ3n) is 18.9. The number of benzene rings is 5. The molecule has 0 heterocycles. The van der Waals surface area contributed by atoms with Gasteiger partial charge in [-0.3, -0.25) is 4.57 Å². The van der Waals surface area contributed by atoms with Crippen LogP contribution < -0.4 is 0 Å². The van der Waals surface area contributed by atoms with Crippen LogP contribution in [-0.2, 0) is 74.9 Å². The first kappa shape index (κ1) is 83.0. The molecule has 1 fully saturated rings. The Morgan fingerprint density at radius 2 is 0.684 bits per heavy atom. The lowest BCUT2D eigenvalue weighted by Crippen LogP contribution is -2.67. The van der Waals surface area contributed by atoms with E-state index in [1.165, 1.54) is 116 Å². The average Bonchev–Trinajstić information content (AvgIpc) is 0.765. The molecule has 546 valence electrons. The fraction of sp³-hybridized carbons (Fsp3) is 0.624. The van der Waals surface area contributed by atoms with E-state index < -0.39 is 44.2 Å². The highest BCUT2D eigenvalue weighted by Crippen LogP contribution is 2.40. The number of unbranched alkanes of at least 4 members (excludes halogenated alkanes) is 28. The van der Waals surface area contributed by atoms with Crippen LogP contribution in [0.15, 0.2) is 164 Å². The first-order chi connectivity index (χ1) is 48.3. The topological polar surface area (TPSA) is 131 Å². The van der Waals surface area contributed by atoms with Crippen molar-refractivity contribution >= 4 is 19.6 Å². The van der Waals surface area contributed by atoms with Gasteiger partial charge in [-0.25, -0.2) is 0 Å². The molecule has 0 amide bonds. The Morgan fingerprint density at radius 1 is 0.378 bits per heavy atom. The zero-order valence-electron chi connectivity index (χ0n) is 60.5. The van der Waals surface area contributed by atoms with Crippen LogP contribution in [0.1, 0.15) is 260 Å². The quantitative estimate of drug-likeness (QED) is 0.0166. The first-order valence-corrected chi connectivity index (χ1v) is 41.4. The molecule has 13 heteroatoms. The Kier molecular flexibility index (Phi) is 46.3. The molecule has 0 bridgehead atoms. The van der Waals surface area contributed by atoms with Gasteiger partial charge in [0.15, 0.2) is 0 Å². The van der Waals surface area contributed by atoms with Crippen molar-refractivity contribution in [2.75, 3.05) is 26.0 Å². The van der Waals surface area contributed by atoms with Crippen LogP contribution in [0.2, 0.25) is 0 Å². The molecule has 1 saturated carbocycles. The van der Waals surface area contributed by atoms with Crippen LogP contribution in [0.3, 0.4) is 0 Å². The van der Waals surface area contributed by atoms with Gasteiger partial charge in [0.05, 0.1) is 45.7 Å². The number of ether oxygens (including phenoxy) is 7. The van der Waals surface area contributed by atoms with Gasteiger partial charge >= 0.3 is 7.60 Å². The van der Waals surface area contributed by atoms with Crippen molar-refractivity contribution in [2.45, 2.75) is 313 Å². The van der Waals surface area contributed by atoms with Gasteiger partial charge in [0.1, 0.15) is 36.6 Å². The van der Waals surface area contributed by atoms with Gasteiger partial charge < -0.3 is 47.1 Å². The molecule has 8 atom stereocenters. The fourth-order valence-corrected chi connectivity index (χ4v) is 14.8. The summed E-state index contributed by atoms with van der Waals surface area (Å²) in [5.74, 6) is 0. The predicted octanol–water partition coefficient (Wildman–Crippen LogP) is 22.8. The molecule has 11 nitrogen and oxygen atoms in total. The molecule has 4 unspecified atom stereocenters. The Bertz CT molecular complexity index is 2590. The number of hydrogen-bond acceptors (Lipinski definition) is 10. The Labute approximate surface area is 598 Å². The highest BCUT2D eigenvalue weighted by molar-refractivity contribution is 7.95. The minimum atomic E-state index is -3.89. The summed E-state index contributed by atoms with van der Waals surface area (Å²) in [5.41, 5.74) is 5.22. The van der Waals surface area contributed by atoms with Gasteiger partial charge in [-0.1, -0.05) is 338 Å². The van der Waals surface area contributed by atoms with E-state index >= 15 is 0 Å². The van der Waals surface area contributed by atoms with Crippen LogP contribution in [0.25, 0.3) is 0 Å². The normalized spacial score (nSPS) is 18.0. The summed E-state index contributed by atoms with van der Waals surface area (Å²) in [4.78, 5) is 18.4. The molecule has 0 aliphatic heterocycles. The summed E-state index contributed by atoms with van der Waals surface area (Å²) in [6.07, 6.45) is 40.6. The second kappa shape index (κ2) is 54.7. The summed E-state index contributed by atoms with van der Waals surface area (Å²) in [7, 11) is -3.89. The highest BCUT2D eigenvalue weighted by atomic mass is 32.2. The molecule has 1 aliphatic carbocycles. The molecule has 5 aromatic rings. The SMILES string of the molecule is CCCCCCCCCCCCOCC(CC(CCCCCC/C=C\CCCCCCCCP(=O)(O)O)SOC1[C@@H](OCc2ccccc2)[C@H](OCc2ccccc2)C(OCc2ccccc2)[C@H](OCc2ccccc2)[C@@H]1OCc1ccccc1)OCCCCCCCCCCCC. The Balaban J connectivity index is 1.27. The number of allylic oxidation sites excluding steroid dienone is 2. The van der Waals surface area contributed by atoms with E-state index in [1.54, 1.807) is 12.0 Å². The standard InChI is InChI=1S/C85H129O11PS/c1-3-5-7-9-11-13-22-26-30-49-63-89-72-78(90-64-50-31-27-23-14-12-10-8-6-4-2)66-79(62-48-29-25-21-19-17-15-16-18-20-24-28-32-51-65-97(86,87)88)98-96-85-83(94-70-76-58-44-36-45-59-76)81(92-68-74-54-40-34-41-55-74)80(91-67-73-52-38-33-39-53-73)82(93-69-75-56-42-35-43-57-75)84(85)95-71-77-60-46-37-47-61-77/h15,17,33-47,52-61,78-85H,3-14,16,18-32,48-51,62-72H2,1-2H3,(H2,86,87,88)/b17-15-/t78?,79?,80?,81-,82+,83-,84-,85?/m0/s1. The molecule has 5 aromatic carbocycles. The maximum absolute atomic E-state index is 11.2. The van der Waals surface area contributed by atoms with E-state index in [-0.39, 0.29) is 17.5 Å². The molecule has 0 aromatic heterocycles. The summed E-state index contributed by atoms with van der Waals surface area (Å²) in [6.45, 7) is 8.22. The second-order valence-electron chi connectivity index (χ2n) is 27.5. The number of hydrogen-bond donors (Lipinski definition) is 2. The van der Waals surface area contributed by atoms with Gasteiger partial charge in [0.2, 0.25) is 0 Å². The van der Waals surface area contributed by atoms with Crippen molar-refractivity contribution in [2.24, 2.45) is 0 Å². The van der Waals surface area contributed by atoms with E-state index in [2.05, 4.69) is 147 Å². The molecule has 0 saturated heterocycles. The highest BCUT2D eigenvalue weighted by Gasteiger charge is 2.55. The monoisotopic (exact) mass is 1390 g/mol. The van der Waals surface area contributed by atoms with Crippen molar-refractivity contribution in [1.82, 2.24) is 0 Å². The smallest absolute Gasteiger partial charge is 0.325 e. The Hall–Kier alpha value is -3.98. The molecule has 98 heavy (non-hydrogen) atoms. The van der Waals surface area contributed by atoms with Gasteiger partial charge in [-0.15, -0.1) is 0 Å². The number of rotatable bonds is 61. The summed E-state index contributed by atoms with van der Waals surface area (Å²) >= 11 is 1.57. The zero-order valence-corrected chi connectivity index (χ0v) is 62.2. The van der Waals surface area contributed by atoms with Crippen molar-refractivity contribution in [3.63, 3.8) is 0 Å². The summed E-state index contributed by atoms with van der Waals surface area (Å²) in [6, 6.07) is 51.9. The van der Waals surface area contributed by atoms with E-state index in [9.17, 15) is 14.4 Å². The second-order valence-corrected chi connectivity index (χ2v) is 30.3. The molecule has 2 N–H and O–H groups in total. The fourth-order valence-electron chi connectivity index (χ4n) is 13.1. The van der Waals surface area contributed by atoms with Crippen LogP contribution in [0, 0.1) is 0 Å². The molecule has 6 rings (SSSR count). The lowest BCUT2D eigenvalue weighted by molar-refractivity contribution is -0.277. The third kappa shape index (κ3) is 38.3. The van der Waals surface area contributed by atoms with E-state index in [0.717, 1.165) is 137 Å². The van der Waals surface area contributed by atoms with Crippen molar-refractivity contribution < 1.29 is 51.7 Å². The van der Waals surface area contributed by atoms with Gasteiger partial charge in [0, 0.05) is 24.6 Å². The lowest BCUT2D eigenvalue weighted by atomic mass is 9.83. The molecular formula is C85H129O11PS. The maximum atomic E-state index is 11.2. The van der Waals surface area contributed by atoms with Crippen LogP contribution in [-0.4, -0.2) is 83.7 Å². The third-order valence-corrected chi connectivity index (χ3v) is 20.8. The average molecular weight is 1390 g/mol. The summed E-state index contributed by atoms with van der Waals surface area (Å²) < 4.78 is 69.2. The maximum Gasteiger partial charge on any atom is 0.325 e. The van der Waals surface area contributed by atoms with Crippen LogP contribution in [0.5, 0.6) is 0 Å². The summed E-state index contributed by atoms with van der Waals surface area (Å²) in [5, 5.41) is 0.0589.